The molecule has 14 heavy (non-hydrogen) atoms. The number of halogens is 7. The van der Waals surface area contributed by atoms with Crippen LogP contribution in [-0.4, -0.2) is 24.4 Å². The molecule has 0 aliphatic rings. The molecule has 0 radical (unpaired) electrons. The fourth-order valence-electron chi connectivity index (χ4n) is 0.738. The number of rotatable bonds is 4. The van der Waals surface area contributed by atoms with Gasteiger partial charge in [0, 0.05) is 12.8 Å². The zero-order valence-electron chi connectivity index (χ0n) is 7.21. The maximum atomic E-state index is 12.4. The van der Waals surface area contributed by atoms with Gasteiger partial charge in [0.2, 0.25) is 6.17 Å². The van der Waals surface area contributed by atoms with Gasteiger partial charge in [-0.15, -0.1) is 0 Å². The first-order chi connectivity index (χ1) is 6.10. The molecule has 2 atom stereocenters. The molecule has 0 amide bonds. The van der Waals surface area contributed by atoms with E-state index in [-0.39, 0.29) is 0 Å². The van der Waals surface area contributed by atoms with E-state index in [1.807, 2.05) is 0 Å². The van der Waals surface area contributed by atoms with Crippen molar-refractivity contribution in [1.82, 2.24) is 0 Å². The first-order valence-corrected chi connectivity index (χ1v) is 3.83. The van der Waals surface area contributed by atoms with E-state index in [0.29, 0.717) is 0 Å². The molecule has 7 heteroatoms. The van der Waals surface area contributed by atoms with E-state index in [9.17, 15) is 30.7 Å². The standard InChI is InChI=1S/C7H9F7/c1-2-6(10,11)3-4(8)5(9)7(12,13)14/h4-5H,2-3H2,1H3/t4?,5-/m0/s1. The molecule has 86 valence electrons. The molecule has 0 heterocycles. The van der Waals surface area contributed by atoms with Crippen molar-refractivity contribution in [3.05, 3.63) is 0 Å². The molecule has 0 fully saturated rings. The summed E-state index contributed by atoms with van der Waals surface area (Å²) in [4.78, 5) is 0. The number of hydrogen-bond donors (Lipinski definition) is 0. The molecule has 0 aromatic rings. The van der Waals surface area contributed by atoms with Gasteiger partial charge >= 0.3 is 6.18 Å². The molecule has 0 aliphatic heterocycles. The molecule has 0 rings (SSSR count). The Morgan fingerprint density at radius 3 is 1.71 bits per heavy atom. The Bertz CT molecular complexity index is 173. The maximum Gasteiger partial charge on any atom is 0.422 e. The Kier molecular flexibility index (Phi) is 4.20. The Morgan fingerprint density at radius 2 is 1.43 bits per heavy atom. The fraction of sp³-hybridized carbons (Fsp3) is 1.00. The van der Waals surface area contributed by atoms with Crippen molar-refractivity contribution >= 4 is 0 Å². The van der Waals surface area contributed by atoms with Crippen molar-refractivity contribution in [2.45, 2.75) is 44.2 Å². The van der Waals surface area contributed by atoms with Gasteiger partial charge in [-0.2, -0.15) is 13.2 Å². The van der Waals surface area contributed by atoms with Crippen LogP contribution in [0, 0.1) is 0 Å². The van der Waals surface area contributed by atoms with E-state index < -0.39 is 37.3 Å². The van der Waals surface area contributed by atoms with Gasteiger partial charge < -0.3 is 0 Å². The van der Waals surface area contributed by atoms with Crippen molar-refractivity contribution in [3.63, 3.8) is 0 Å². The average Bonchev–Trinajstić information content (AvgIpc) is 2.00. The van der Waals surface area contributed by atoms with Crippen molar-refractivity contribution in [1.29, 1.82) is 0 Å². The van der Waals surface area contributed by atoms with Gasteiger partial charge in [-0.05, 0) is 0 Å². The first kappa shape index (κ1) is 13.5. The SMILES string of the molecule is CCC(F)(F)CC(F)[C@H](F)C(F)(F)F. The fourth-order valence-corrected chi connectivity index (χ4v) is 0.738. The molecule has 0 saturated carbocycles. The summed E-state index contributed by atoms with van der Waals surface area (Å²) in [6.45, 7) is 0.980. The van der Waals surface area contributed by atoms with Crippen LogP contribution in [-0.2, 0) is 0 Å². The predicted molar refractivity (Wildman–Crippen MR) is 35.7 cm³/mol. The van der Waals surface area contributed by atoms with Crippen LogP contribution in [0.15, 0.2) is 0 Å². The summed E-state index contributed by atoms with van der Waals surface area (Å²) >= 11 is 0. The normalized spacial score (nSPS) is 18.0. The van der Waals surface area contributed by atoms with Gasteiger partial charge in [0.05, 0.1) is 0 Å². The summed E-state index contributed by atoms with van der Waals surface area (Å²) in [7, 11) is 0. The Hall–Kier alpha value is -0.490. The van der Waals surface area contributed by atoms with Gasteiger partial charge in [0.1, 0.15) is 6.17 Å². The zero-order chi connectivity index (χ0) is 11.6. The smallest absolute Gasteiger partial charge is 0.244 e. The quantitative estimate of drug-likeness (QED) is 0.641. The predicted octanol–water partition coefficient (Wildman–Crippen LogP) is 3.66. The molecule has 0 N–H and O–H groups in total. The van der Waals surface area contributed by atoms with Crippen LogP contribution in [0.4, 0.5) is 30.7 Å². The molecule has 0 spiro atoms. The van der Waals surface area contributed by atoms with Crippen LogP contribution in [0.1, 0.15) is 19.8 Å². The van der Waals surface area contributed by atoms with Crippen LogP contribution < -0.4 is 0 Å². The lowest BCUT2D eigenvalue weighted by Gasteiger charge is -2.20. The minimum absolute atomic E-state index is 0.821. The second-order valence-electron chi connectivity index (χ2n) is 2.87. The monoisotopic (exact) mass is 226 g/mol. The largest absolute Gasteiger partial charge is 0.422 e. The highest BCUT2D eigenvalue weighted by Crippen LogP contribution is 2.33. The van der Waals surface area contributed by atoms with Crippen LogP contribution in [0.3, 0.4) is 0 Å². The first-order valence-electron chi connectivity index (χ1n) is 3.83. The van der Waals surface area contributed by atoms with Crippen molar-refractivity contribution in [2.75, 3.05) is 0 Å². The van der Waals surface area contributed by atoms with Gasteiger partial charge in [-0.3, -0.25) is 0 Å². The maximum absolute atomic E-state index is 12.4. The molecule has 0 aromatic carbocycles. The minimum atomic E-state index is -5.43. The lowest BCUT2D eigenvalue weighted by molar-refractivity contribution is -0.202. The lowest BCUT2D eigenvalue weighted by Crippen LogP contribution is -2.37. The summed E-state index contributed by atoms with van der Waals surface area (Å²) in [5, 5.41) is 0. The molecule has 0 saturated heterocycles. The average molecular weight is 226 g/mol. The van der Waals surface area contributed by atoms with E-state index in [2.05, 4.69) is 0 Å². The third-order valence-corrected chi connectivity index (χ3v) is 1.64. The van der Waals surface area contributed by atoms with E-state index in [1.165, 1.54) is 0 Å². The Balaban J connectivity index is 4.28. The van der Waals surface area contributed by atoms with E-state index in [4.69, 9.17) is 0 Å². The summed E-state index contributed by atoms with van der Waals surface area (Å²) in [6, 6.07) is 0. The summed E-state index contributed by atoms with van der Waals surface area (Å²) < 4.78 is 83.8. The third kappa shape index (κ3) is 4.15. The van der Waals surface area contributed by atoms with Crippen molar-refractivity contribution in [2.24, 2.45) is 0 Å². The molecule has 0 nitrogen and oxygen atoms in total. The Labute approximate surface area is 76.1 Å². The molecule has 0 aliphatic carbocycles. The van der Waals surface area contributed by atoms with E-state index in [1.54, 1.807) is 0 Å². The number of hydrogen-bond acceptors (Lipinski definition) is 0. The van der Waals surface area contributed by atoms with Crippen LogP contribution >= 0.6 is 0 Å². The van der Waals surface area contributed by atoms with Gasteiger partial charge in [-0.25, -0.2) is 17.6 Å². The third-order valence-electron chi connectivity index (χ3n) is 1.64. The van der Waals surface area contributed by atoms with Crippen molar-refractivity contribution < 1.29 is 30.7 Å². The molecule has 1 unspecified atom stereocenters. The summed E-state index contributed by atoms with van der Waals surface area (Å²) in [5.41, 5.74) is 0. The molecular weight excluding hydrogens is 217 g/mol. The zero-order valence-corrected chi connectivity index (χ0v) is 7.21. The second kappa shape index (κ2) is 4.35. The highest BCUT2D eigenvalue weighted by atomic mass is 19.4. The Morgan fingerprint density at radius 1 is 1.00 bits per heavy atom. The van der Waals surface area contributed by atoms with Gasteiger partial charge in [-0.1, -0.05) is 6.92 Å². The molecule has 0 aromatic heterocycles. The molecule has 0 bridgehead atoms. The lowest BCUT2D eigenvalue weighted by atomic mass is 10.1. The van der Waals surface area contributed by atoms with Crippen LogP contribution in [0.25, 0.3) is 0 Å². The van der Waals surface area contributed by atoms with Crippen LogP contribution in [0.5, 0.6) is 0 Å². The van der Waals surface area contributed by atoms with Crippen molar-refractivity contribution in [3.8, 4) is 0 Å². The highest BCUT2D eigenvalue weighted by molar-refractivity contribution is 4.80. The van der Waals surface area contributed by atoms with Gasteiger partial charge in [0.25, 0.3) is 5.92 Å². The van der Waals surface area contributed by atoms with Crippen LogP contribution in [0.2, 0.25) is 0 Å². The number of alkyl halides is 7. The molecular formula is C7H9F7. The summed E-state index contributed by atoms with van der Waals surface area (Å²) in [5.74, 6) is -3.60. The van der Waals surface area contributed by atoms with Gasteiger partial charge in [0.15, 0.2) is 0 Å². The summed E-state index contributed by atoms with van der Waals surface area (Å²) in [6.07, 6.45) is -15.1. The topological polar surface area (TPSA) is 0 Å². The van der Waals surface area contributed by atoms with E-state index >= 15 is 0 Å². The van der Waals surface area contributed by atoms with E-state index in [0.717, 1.165) is 6.92 Å². The highest BCUT2D eigenvalue weighted by Gasteiger charge is 2.48. The minimum Gasteiger partial charge on any atom is -0.244 e. The second-order valence-corrected chi connectivity index (χ2v) is 2.87.